The van der Waals surface area contributed by atoms with Crippen molar-refractivity contribution < 1.29 is 24.2 Å². The fourth-order valence-corrected chi connectivity index (χ4v) is 3.50. The Kier molecular flexibility index (Phi) is 11.6. The van der Waals surface area contributed by atoms with E-state index in [1.54, 1.807) is 39.8 Å². The number of carbonyl (C=O) groups is 3. The summed E-state index contributed by atoms with van der Waals surface area (Å²) < 4.78 is 5.29. The van der Waals surface area contributed by atoms with Gasteiger partial charge in [-0.05, 0) is 63.8 Å². The van der Waals surface area contributed by atoms with Crippen molar-refractivity contribution in [1.29, 1.82) is 0 Å². The number of phenols is 1. The molecule has 0 radical (unpaired) electrons. The van der Waals surface area contributed by atoms with Crippen molar-refractivity contribution in [2.75, 3.05) is 18.8 Å². The van der Waals surface area contributed by atoms with Gasteiger partial charge in [-0.2, -0.15) is 12.6 Å². The smallest absolute Gasteiger partial charge is 0.408 e. The average molecular weight is 482 g/mol. The summed E-state index contributed by atoms with van der Waals surface area (Å²) in [5.74, 6) is -0.599. The fraction of sp³-hybridized carbons (Fsp3) is 0.625. The predicted molar refractivity (Wildman–Crippen MR) is 133 cm³/mol. The van der Waals surface area contributed by atoms with Gasteiger partial charge in [-0.1, -0.05) is 26.3 Å². The van der Waals surface area contributed by atoms with Crippen molar-refractivity contribution in [2.24, 2.45) is 0 Å². The van der Waals surface area contributed by atoms with Crippen molar-refractivity contribution in [3.05, 3.63) is 29.3 Å². The molecule has 1 rings (SSSR count). The van der Waals surface area contributed by atoms with Crippen molar-refractivity contribution in [3.63, 3.8) is 0 Å². The van der Waals surface area contributed by atoms with Gasteiger partial charge in [-0.25, -0.2) is 4.79 Å². The predicted octanol–water partition coefficient (Wildman–Crippen LogP) is 3.72. The lowest BCUT2D eigenvalue weighted by Gasteiger charge is -2.34. The summed E-state index contributed by atoms with van der Waals surface area (Å²) in [4.78, 5) is 40.6. The van der Waals surface area contributed by atoms with Gasteiger partial charge in [0, 0.05) is 18.8 Å². The molecule has 0 bridgehead atoms. The van der Waals surface area contributed by atoms with Gasteiger partial charge in [0.1, 0.15) is 23.4 Å². The lowest BCUT2D eigenvalue weighted by molar-refractivity contribution is -0.142. The van der Waals surface area contributed by atoms with Crippen LogP contribution >= 0.6 is 12.6 Å². The van der Waals surface area contributed by atoms with Crippen LogP contribution in [0.5, 0.6) is 5.75 Å². The molecule has 0 aliphatic rings. The Bertz CT molecular complexity index is 810. The van der Waals surface area contributed by atoms with E-state index in [-0.39, 0.29) is 17.4 Å². The zero-order chi connectivity index (χ0) is 25.2. The lowest BCUT2D eigenvalue weighted by Crippen LogP contribution is -2.54. The normalized spacial score (nSPS) is 13.1. The molecule has 3 amide bonds. The molecule has 186 valence electrons. The van der Waals surface area contributed by atoms with E-state index in [2.05, 4.69) is 23.3 Å². The van der Waals surface area contributed by atoms with E-state index >= 15 is 0 Å². The van der Waals surface area contributed by atoms with Crippen LogP contribution in [0, 0.1) is 6.92 Å². The first-order chi connectivity index (χ1) is 15.4. The summed E-state index contributed by atoms with van der Waals surface area (Å²) >= 11 is 4.26. The van der Waals surface area contributed by atoms with Crippen LogP contribution in [0.25, 0.3) is 0 Å². The van der Waals surface area contributed by atoms with Crippen molar-refractivity contribution in [3.8, 4) is 5.75 Å². The number of unbranched alkanes of at least 4 members (excludes halogenated alkanes) is 1. The molecule has 1 aromatic carbocycles. The average Bonchev–Trinajstić information content (AvgIpc) is 2.72. The molecule has 2 atom stereocenters. The first kappa shape index (κ1) is 28.6. The number of phenolic OH excluding ortho intramolecular Hbond substituents is 1. The second-order valence-electron chi connectivity index (χ2n) is 9.01. The van der Waals surface area contributed by atoms with E-state index in [9.17, 15) is 19.5 Å². The summed E-state index contributed by atoms with van der Waals surface area (Å²) in [7, 11) is 0. The summed E-state index contributed by atoms with van der Waals surface area (Å²) in [5, 5.41) is 15.4. The van der Waals surface area contributed by atoms with Crippen molar-refractivity contribution in [1.82, 2.24) is 15.5 Å². The molecule has 0 aliphatic carbocycles. The number of nitrogens with one attached hydrogen (secondary N) is 2. The van der Waals surface area contributed by atoms with Gasteiger partial charge in [-0.3, -0.25) is 9.59 Å². The molecule has 33 heavy (non-hydrogen) atoms. The monoisotopic (exact) mass is 481 g/mol. The third-order valence-electron chi connectivity index (χ3n) is 4.85. The molecule has 8 nitrogen and oxygen atoms in total. The van der Waals surface area contributed by atoms with Gasteiger partial charge in [0.2, 0.25) is 11.8 Å². The van der Waals surface area contributed by atoms with Crippen LogP contribution in [-0.4, -0.2) is 58.4 Å². The van der Waals surface area contributed by atoms with Crippen LogP contribution in [-0.2, 0) is 14.3 Å². The number of carbonyl (C=O) groups excluding carboxylic acids is 3. The van der Waals surface area contributed by atoms with Gasteiger partial charge >= 0.3 is 6.09 Å². The SMILES string of the molecule is CCCCNC(=O)C(c1ccc(O)c(C)c1)N(CCC)C(=O)C(CS)NC(=O)OC(C)(C)C. The van der Waals surface area contributed by atoms with Crippen molar-refractivity contribution in [2.45, 2.75) is 78.5 Å². The van der Waals surface area contributed by atoms with Gasteiger partial charge < -0.3 is 25.4 Å². The minimum Gasteiger partial charge on any atom is -0.508 e. The summed E-state index contributed by atoms with van der Waals surface area (Å²) in [6.07, 6.45) is 1.61. The third kappa shape index (κ3) is 9.15. The van der Waals surface area contributed by atoms with Gasteiger partial charge in [0.05, 0.1) is 0 Å². The van der Waals surface area contributed by atoms with Crippen molar-refractivity contribution >= 4 is 30.5 Å². The zero-order valence-corrected chi connectivity index (χ0v) is 21.5. The quantitative estimate of drug-likeness (QED) is 0.285. The summed E-state index contributed by atoms with van der Waals surface area (Å²) in [6, 6.07) is 2.96. The third-order valence-corrected chi connectivity index (χ3v) is 5.21. The number of hydrogen-bond acceptors (Lipinski definition) is 6. The lowest BCUT2D eigenvalue weighted by atomic mass is 10.00. The Morgan fingerprint density at radius 1 is 1.18 bits per heavy atom. The number of benzene rings is 1. The minimum atomic E-state index is -0.973. The number of hydrogen-bond donors (Lipinski definition) is 4. The maximum absolute atomic E-state index is 13.5. The van der Waals surface area contributed by atoms with Crippen LogP contribution in [0.1, 0.15) is 71.0 Å². The first-order valence-corrected chi connectivity index (χ1v) is 12.1. The second kappa shape index (κ2) is 13.3. The van der Waals surface area contributed by atoms with Crippen LogP contribution in [0.3, 0.4) is 0 Å². The highest BCUT2D eigenvalue weighted by Gasteiger charge is 2.35. The van der Waals surface area contributed by atoms with E-state index in [0.717, 1.165) is 12.8 Å². The molecule has 0 fully saturated rings. The fourth-order valence-electron chi connectivity index (χ4n) is 3.25. The Labute approximate surface area is 202 Å². The number of thiol groups is 1. The molecule has 1 aromatic rings. The topological polar surface area (TPSA) is 108 Å². The highest BCUT2D eigenvalue weighted by Crippen LogP contribution is 2.27. The first-order valence-electron chi connectivity index (χ1n) is 11.4. The van der Waals surface area contributed by atoms with E-state index in [4.69, 9.17) is 4.74 Å². The van der Waals surface area contributed by atoms with Crippen LogP contribution in [0.4, 0.5) is 4.79 Å². The Morgan fingerprint density at radius 3 is 2.36 bits per heavy atom. The largest absolute Gasteiger partial charge is 0.508 e. The summed E-state index contributed by atoms with van der Waals surface area (Å²) in [6.45, 7) is 11.7. The van der Waals surface area contributed by atoms with Gasteiger partial charge in [0.15, 0.2) is 0 Å². The van der Waals surface area contributed by atoms with E-state index in [1.807, 2.05) is 13.8 Å². The molecular weight excluding hydrogens is 442 g/mol. The molecule has 2 unspecified atom stereocenters. The van der Waals surface area contributed by atoms with Crippen LogP contribution in [0.2, 0.25) is 0 Å². The van der Waals surface area contributed by atoms with E-state index in [0.29, 0.717) is 30.6 Å². The number of alkyl carbamates (subject to hydrolysis) is 1. The maximum Gasteiger partial charge on any atom is 0.408 e. The second-order valence-corrected chi connectivity index (χ2v) is 9.37. The molecular formula is C24H39N3O5S. The summed E-state index contributed by atoms with van der Waals surface area (Å²) in [5.41, 5.74) is 0.458. The van der Waals surface area contributed by atoms with Gasteiger partial charge in [-0.15, -0.1) is 0 Å². The molecule has 0 spiro atoms. The number of aromatic hydroxyl groups is 1. The minimum absolute atomic E-state index is 0.0388. The molecule has 0 heterocycles. The van der Waals surface area contributed by atoms with Gasteiger partial charge in [0.25, 0.3) is 0 Å². The number of rotatable bonds is 11. The highest BCUT2D eigenvalue weighted by molar-refractivity contribution is 7.80. The number of ether oxygens (including phenoxy) is 1. The Morgan fingerprint density at radius 2 is 1.85 bits per heavy atom. The van der Waals surface area contributed by atoms with E-state index < -0.39 is 29.7 Å². The highest BCUT2D eigenvalue weighted by atomic mass is 32.1. The number of nitrogens with zero attached hydrogens (tertiary/aromatic N) is 1. The molecule has 0 aromatic heterocycles. The Balaban J connectivity index is 3.31. The molecule has 0 aliphatic heterocycles. The van der Waals surface area contributed by atoms with E-state index in [1.165, 1.54) is 11.0 Å². The Hall–Kier alpha value is -2.42. The number of amides is 3. The standard InChI is InChI=1S/C24H39N3O5S/c1-7-9-12-25-21(29)20(17-10-11-19(28)16(3)14-17)27(13-8-2)22(30)18(15-33)26-23(31)32-24(4,5)6/h10-11,14,18,20,28,33H,7-9,12-13,15H2,1-6H3,(H,25,29)(H,26,31). The molecule has 9 heteroatoms. The maximum atomic E-state index is 13.5. The molecule has 0 saturated carbocycles. The van der Waals surface area contributed by atoms with Crippen LogP contribution < -0.4 is 10.6 Å². The molecule has 3 N–H and O–H groups in total. The zero-order valence-electron chi connectivity index (χ0n) is 20.6. The van der Waals surface area contributed by atoms with Crippen LogP contribution in [0.15, 0.2) is 18.2 Å². The number of aryl methyl sites for hydroxylation is 1. The molecule has 0 saturated heterocycles.